The molecule has 78 valence electrons. The fraction of sp³-hybridized carbons (Fsp3) is 0.500. The summed E-state index contributed by atoms with van der Waals surface area (Å²) in [4.78, 5) is 0. The van der Waals surface area contributed by atoms with E-state index in [1.54, 1.807) is 11.1 Å². The molecule has 2 rings (SSSR count). The van der Waals surface area contributed by atoms with Crippen molar-refractivity contribution in [1.29, 1.82) is 0 Å². The van der Waals surface area contributed by atoms with Crippen LogP contribution >= 0.6 is 0 Å². The molecule has 0 aromatic heterocycles. The van der Waals surface area contributed by atoms with Crippen molar-refractivity contribution in [2.75, 3.05) is 0 Å². The molecule has 0 heterocycles. The third-order valence-corrected chi connectivity index (χ3v) is 3.47. The minimum atomic E-state index is 0.386. The van der Waals surface area contributed by atoms with Crippen molar-refractivity contribution in [2.24, 2.45) is 5.92 Å². The van der Waals surface area contributed by atoms with Gasteiger partial charge in [-0.25, -0.2) is 0 Å². The van der Waals surface area contributed by atoms with Gasteiger partial charge in [-0.15, -0.1) is 0 Å². The van der Waals surface area contributed by atoms with Crippen LogP contribution in [0.5, 0.6) is 0 Å². The smallest absolute Gasteiger partial charge is 0.00721 e. The molecule has 0 radical (unpaired) electrons. The van der Waals surface area contributed by atoms with Gasteiger partial charge in [-0.3, -0.25) is 10.5 Å². The van der Waals surface area contributed by atoms with E-state index in [0.717, 1.165) is 5.92 Å². The van der Waals surface area contributed by atoms with Crippen LogP contribution < -0.4 is 0 Å². The zero-order valence-electron chi connectivity index (χ0n) is 8.99. The number of rotatable bonds is 0. The average molecular weight is 194 g/mol. The van der Waals surface area contributed by atoms with Crippen LogP contribution in [-0.4, -0.2) is 10.5 Å². The van der Waals surface area contributed by atoms with Crippen LogP contribution in [0.15, 0.2) is 24.3 Å². The molecule has 0 bridgehead atoms. The first-order chi connectivity index (χ1) is 6.62. The van der Waals surface area contributed by atoms with Crippen LogP contribution in [0.2, 0.25) is 0 Å². The predicted molar refractivity (Wildman–Crippen MR) is 57.6 cm³/mol. The van der Waals surface area contributed by atoms with Gasteiger partial charge in [-0.2, -0.15) is 0 Å². The minimum Gasteiger partial charge on any atom is -0.255 e. The molecule has 1 aliphatic rings. The van der Waals surface area contributed by atoms with E-state index >= 15 is 0 Å². The molecule has 2 heteroatoms. The Kier molecular flexibility index (Phi) is 3.29. The normalized spacial score (nSPS) is 22.2. The largest absolute Gasteiger partial charge is 0.255 e. The summed E-state index contributed by atoms with van der Waals surface area (Å²) in [7, 11) is 0. The molecule has 1 aromatic rings. The van der Waals surface area contributed by atoms with Crippen LogP contribution in [0.25, 0.3) is 0 Å². The van der Waals surface area contributed by atoms with E-state index in [0.29, 0.717) is 5.41 Å². The van der Waals surface area contributed by atoms with Crippen LogP contribution in [0.1, 0.15) is 31.9 Å². The van der Waals surface area contributed by atoms with Gasteiger partial charge >= 0.3 is 0 Å². The maximum atomic E-state index is 6.00. The lowest BCUT2D eigenvalue weighted by molar-refractivity contribution is -0.176. The Hall–Kier alpha value is -0.860. The van der Waals surface area contributed by atoms with Crippen molar-refractivity contribution in [3.63, 3.8) is 0 Å². The van der Waals surface area contributed by atoms with Gasteiger partial charge in [0.25, 0.3) is 0 Å². The van der Waals surface area contributed by atoms with E-state index < -0.39 is 0 Å². The SMILES string of the molecule is CC1Cc2ccccc2C1(C)C.OO. The summed E-state index contributed by atoms with van der Waals surface area (Å²) >= 11 is 0. The Morgan fingerprint density at radius 3 is 2.36 bits per heavy atom. The van der Waals surface area contributed by atoms with Gasteiger partial charge < -0.3 is 0 Å². The molecule has 1 atom stereocenters. The Morgan fingerprint density at radius 2 is 1.79 bits per heavy atom. The molecule has 0 saturated heterocycles. The lowest BCUT2D eigenvalue weighted by atomic mass is 9.80. The maximum Gasteiger partial charge on any atom is -0.00721 e. The van der Waals surface area contributed by atoms with Gasteiger partial charge in [-0.1, -0.05) is 45.0 Å². The van der Waals surface area contributed by atoms with Gasteiger partial charge in [0.05, 0.1) is 0 Å². The Labute approximate surface area is 85.1 Å². The van der Waals surface area contributed by atoms with Gasteiger partial charge in [0.1, 0.15) is 0 Å². The highest BCUT2D eigenvalue weighted by atomic mass is 17.0. The van der Waals surface area contributed by atoms with Gasteiger partial charge in [-0.05, 0) is 28.9 Å². The molecule has 0 fully saturated rings. The van der Waals surface area contributed by atoms with Crippen LogP contribution in [0.3, 0.4) is 0 Å². The lowest BCUT2D eigenvalue weighted by Gasteiger charge is -2.24. The van der Waals surface area contributed by atoms with E-state index in [9.17, 15) is 0 Å². The minimum absolute atomic E-state index is 0.386. The summed E-state index contributed by atoms with van der Waals surface area (Å²) in [5.74, 6) is 0.787. The molecule has 2 N–H and O–H groups in total. The molecular weight excluding hydrogens is 176 g/mol. The van der Waals surface area contributed by atoms with E-state index in [2.05, 4.69) is 45.0 Å². The summed E-state index contributed by atoms with van der Waals surface area (Å²) in [6.45, 7) is 7.05. The van der Waals surface area contributed by atoms with Crippen molar-refractivity contribution in [2.45, 2.75) is 32.6 Å². The average Bonchev–Trinajstić information content (AvgIpc) is 2.42. The topological polar surface area (TPSA) is 40.5 Å². The molecule has 0 amide bonds. The maximum absolute atomic E-state index is 6.00. The number of hydrogen-bond donors (Lipinski definition) is 2. The Bertz CT molecular complexity index is 305. The van der Waals surface area contributed by atoms with Gasteiger partial charge in [0.2, 0.25) is 0 Å². The first kappa shape index (κ1) is 11.2. The van der Waals surface area contributed by atoms with Crippen LogP contribution in [0.4, 0.5) is 0 Å². The molecule has 0 aliphatic heterocycles. The lowest BCUT2D eigenvalue weighted by Crippen LogP contribution is -2.21. The fourth-order valence-electron chi connectivity index (χ4n) is 2.18. The first-order valence-corrected chi connectivity index (χ1v) is 4.91. The van der Waals surface area contributed by atoms with E-state index in [1.807, 2.05) is 0 Å². The Morgan fingerprint density at radius 1 is 1.21 bits per heavy atom. The third kappa shape index (κ3) is 1.68. The highest BCUT2D eigenvalue weighted by Crippen LogP contribution is 2.42. The van der Waals surface area contributed by atoms with E-state index in [4.69, 9.17) is 10.5 Å². The summed E-state index contributed by atoms with van der Waals surface area (Å²) < 4.78 is 0. The molecule has 1 aromatic carbocycles. The molecular formula is C12H18O2. The van der Waals surface area contributed by atoms with Gasteiger partial charge in [0.15, 0.2) is 0 Å². The number of fused-ring (bicyclic) bond motifs is 1. The van der Waals surface area contributed by atoms with Crippen molar-refractivity contribution in [3.8, 4) is 0 Å². The van der Waals surface area contributed by atoms with Crippen molar-refractivity contribution < 1.29 is 10.5 Å². The third-order valence-electron chi connectivity index (χ3n) is 3.47. The first-order valence-electron chi connectivity index (χ1n) is 4.91. The zero-order chi connectivity index (χ0) is 10.8. The molecule has 1 unspecified atom stereocenters. The highest BCUT2D eigenvalue weighted by Gasteiger charge is 2.35. The van der Waals surface area contributed by atoms with Crippen molar-refractivity contribution in [3.05, 3.63) is 35.4 Å². The van der Waals surface area contributed by atoms with Gasteiger partial charge in [0, 0.05) is 0 Å². The summed E-state index contributed by atoms with van der Waals surface area (Å²) in [6, 6.07) is 8.84. The quantitative estimate of drug-likeness (QED) is 0.492. The highest BCUT2D eigenvalue weighted by molar-refractivity contribution is 5.39. The summed E-state index contributed by atoms with van der Waals surface area (Å²) in [5, 5.41) is 12.0. The van der Waals surface area contributed by atoms with Crippen molar-refractivity contribution >= 4 is 0 Å². The van der Waals surface area contributed by atoms with Crippen LogP contribution in [0, 0.1) is 5.92 Å². The fourth-order valence-corrected chi connectivity index (χ4v) is 2.18. The summed E-state index contributed by atoms with van der Waals surface area (Å²) in [6.07, 6.45) is 1.25. The second-order valence-corrected chi connectivity index (χ2v) is 4.48. The van der Waals surface area contributed by atoms with Crippen LogP contribution in [-0.2, 0) is 11.8 Å². The molecule has 0 saturated carbocycles. The number of benzene rings is 1. The Balaban J connectivity index is 0.000000461. The molecule has 1 aliphatic carbocycles. The second kappa shape index (κ2) is 4.11. The molecule has 2 nitrogen and oxygen atoms in total. The number of hydrogen-bond acceptors (Lipinski definition) is 2. The second-order valence-electron chi connectivity index (χ2n) is 4.48. The molecule has 0 spiro atoms. The predicted octanol–water partition coefficient (Wildman–Crippen LogP) is 3.17. The summed E-state index contributed by atoms with van der Waals surface area (Å²) in [5.41, 5.74) is 3.49. The van der Waals surface area contributed by atoms with E-state index in [1.165, 1.54) is 6.42 Å². The van der Waals surface area contributed by atoms with E-state index in [-0.39, 0.29) is 0 Å². The molecule has 14 heavy (non-hydrogen) atoms. The monoisotopic (exact) mass is 194 g/mol. The zero-order valence-corrected chi connectivity index (χ0v) is 8.99. The standard InChI is InChI=1S/C12H16.H2O2/c1-9-8-10-6-4-5-7-11(10)12(9,2)3;1-2/h4-7,9H,8H2,1-3H3;1-2H. The van der Waals surface area contributed by atoms with Crippen molar-refractivity contribution in [1.82, 2.24) is 0 Å².